The Hall–Kier alpha value is -3.67. The third kappa shape index (κ3) is 15.6. The number of halogens is 1. The first-order chi connectivity index (χ1) is 22.0. The number of carbonyl (C=O) groups is 4. The second-order valence-electron chi connectivity index (χ2n) is 13.8. The molecular formula is C36H53FN4O6. The fourth-order valence-electron chi connectivity index (χ4n) is 4.88. The van der Waals surface area contributed by atoms with Crippen molar-refractivity contribution in [1.82, 2.24) is 15.1 Å². The van der Waals surface area contributed by atoms with E-state index in [2.05, 4.69) is 20.0 Å². The minimum atomic E-state index is -0.449. The molecule has 1 N–H and O–H groups in total. The summed E-state index contributed by atoms with van der Waals surface area (Å²) < 4.78 is 23.2. The van der Waals surface area contributed by atoms with Gasteiger partial charge in [0.1, 0.15) is 17.0 Å². The van der Waals surface area contributed by atoms with Crippen LogP contribution in [-0.2, 0) is 19.1 Å². The van der Waals surface area contributed by atoms with Crippen LogP contribution in [0.1, 0.15) is 73.4 Å². The summed E-state index contributed by atoms with van der Waals surface area (Å²) in [6, 6.07) is 10.4. The third-order valence-corrected chi connectivity index (χ3v) is 7.06. The van der Waals surface area contributed by atoms with Crippen LogP contribution >= 0.6 is 0 Å². The van der Waals surface area contributed by atoms with Crippen LogP contribution in [0.2, 0.25) is 0 Å². The molecule has 0 radical (unpaired) electrons. The fraction of sp³-hybridized carbons (Fsp3) is 0.556. The number of hydrogen-bond acceptors (Lipinski definition) is 10. The van der Waals surface area contributed by atoms with Gasteiger partial charge < -0.3 is 19.7 Å². The van der Waals surface area contributed by atoms with Crippen molar-refractivity contribution in [2.45, 2.75) is 66.6 Å². The molecule has 2 aromatic carbocycles. The lowest BCUT2D eigenvalue weighted by Crippen LogP contribution is -2.49. The van der Waals surface area contributed by atoms with Crippen molar-refractivity contribution >= 4 is 30.2 Å². The quantitative estimate of drug-likeness (QED) is 0.339. The normalized spacial score (nSPS) is 15.7. The van der Waals surface area contributed by atoms with Gasteiger partial charge in [0.25, 0.3) is 0 Å². The summed E-state index contributed by atoms with van der Waals surface area (Å²) in [6.07, 6.45) is 1.41. The molecule has 0 spiro atoms. The van der Waals surface area contributed by atoms with E-state index in [1.807, 2.05) is 66.7 Å². The van der Waals surface area contributed by atoms with E-state index in [0.717, 1.165) is 81.0 Å². The monoisotopic (exact) mass is 656 g/mol. The number of aryl methyl sites for hydroxylation is 2. The SMILES string of the molecule is CC(C)(C)OC(=O)CN1CCNCC1.Cc1ccc(C=O)c(F)c1.Cc1ccc(C=O)c(N2CCN(CC(=O)OC(C)(C)C)CC2)c1. The number of carbonyl (C=O) groups excluding carboxylic acids is 4. The molecule has 0 saturated carbocycles. The molecule has 2 fully saturated rings. The number of benzene rings is 2. The summed E-state index contributed by atoms with van der Waals surface area (Å²) in [5, 5.41) is 3.24. The number of anilines is 1. The molecular weight excluding hydrogens is 603 g/mol. The Morgan fingerprint density at radius 3 is 1.62 bits per heavy atom. The Morgan fingerprint density at radius 2 is 1.17 bits per heavy atom. The Labute approximate surface area is 279 Å². The van der Waals surface area contributed by atoms with Crippen molar-refractivity contribution in [3.8, 4) is 0 Å². The van der Waals surface area contributed by atoms with Crippen LogP contribution in [0, 0.1) is 19.7 Å². The number of aldehydes is 2. The summed E-state index contributed by atoms with van der Waals surface area (Å²) in [5.74, 6) is -0.760. The van der Waals surface area contributed by atoms with Gasteiger partial charge in [0, 0.05) is 63.6 Å². The maximum Gasteiger partial charge on any atom is 0.320 e. The van der Waals surface area contributed by atoms with Crippen LogP contribution < -0.4 is 10.2 Å². The van der Waals surface area contributed by atoms with E-state index in [1.165, 1.54) is 12.1 Å². The van der Waals surface area contributed by atoms with E-state index < -0.39 is 11.4 Å². The Kier molecular flexibility index (Phi) is 15.6. The van der Waals surface area contributed by atoms with Crippen molar-refractivity contribution in [2.75, 3.05) is 70.3 Å². The van der Waals surface area contributed by atoms with Gasteiger partial charge in [-0.1, -0.05) is 12.1 Å². The topological polar surface area (TPSA) is 108 Å². The van der Waals surface area contributed by atoms with Gasteiger partial charge in [0.15, 0.2) is 12.6 Å². The highest BCUT2D eigenvalue weighted by Gasteiger charge is 2.24. The average Bonchev–Trinajstić information content (AvgIpc) is 2.97. The van der Waals surface area contributed by atoms with Crippen molar-refractivity contribution < 1.29 is 33.0 Å². The second-order valence-corrected chi connectivity index (χ2v) is 13.8. The third-order valence-electron chi connectivity index (χ3n) is 7.06. The first kappa shape index (κ1) is 39.5. The number of hydrogen-bond donors (Lipinski definition) is 1. The van der Waals surface area contributed by atoms with Crippen LogP contribution in [0.5, 0.6) is 0 Å². The summed E-state index contributed by atoms with van der Waals surface area (Å²) in [5.41, 5.74) is 2.97. The summed E-state index contributed by atoms with van der Waals surface area (Å²) in [4.78, 5) is 51.1. The number of esters is 2. The Morgan fingerprint density at radius 1 is 0.723 bits per heavy atom. The summed E-state index contributed by atoms with van der Waals surface area (Å²) >= 11 is 0. The molecule has 0 unspecified atom stereocenters. The zero-order valence-electron chi connectivity index (χ0n) is 29.4. The lowest BCUT2D eigenvalue weighted by molar-refractivity contribution is -0.157. The summed E-state index contributed by atoms with van der Waals surface area (Å²) in [6.45, 7) is 22.8. The van der Waals surface area contributed by atoms with Crippen molar-refractivity contribution in [3.63, 3.8) is 0 Å². The smallest absolute Gasteiger partial charge is 0.320 e. The zero-order valence-corrected chi connectivity index (χ0v) is 29.4. The fourth-order valence-corrected chi connectivity index (χ4v) is 4.88. The molecule has 0 amide bonds. The van der Waals surface area contributed by atoms with Crippen molar-refractivity contribution in [3.05, 3.63) is 64.5 Å². The lowest BCUT2D eigenvalue weighted by atomic mass is 10.1. The number of nitrogens with zero attached hydrogens (tertiary/aromatic N) is 3. The molecule has 47 heavy (non-hydrogen) atoms. The van der Waals surface area contributed by atoms with E-state index in [-0.39, 0.29) is 23.1 Å². The van der Waals surface area contributed by atoms with E-state index in [9.17, 15) is 23.6 Å². The van der Waals surface area contributed by atoms with Crippen molar-refractivity contribution in [2.24, 2.45) is 0 Å². The van der Waals surface area contributed by atoms with Crippen LogP contribution in [0.4, 0.5) is 10.1 Å². The summed E-state index contributed by atoms with van der Waals surface area (Å²) in [7, 11) is 0. The molecule has 2 heterocycles. The molecule has 2 saturated heterocycles. The van der Waals surface area contributed by atoms with Crippen molar-refractivity contribution in [1.29, 1.82) is 0 Å². The minimum absolute atomic E-state index is 0.116. The number of rotatable bonds is 7. The van der Waals surface area contributed by atoms with Gasteiger partial charge in [-0.25, -0.2) is 4.39 Å². The maximum atomic E-state index is 12.6. The Bertz CT molecular complexity index is 1320. The highest BCUT2D eigenvalue weighted by Crippen LogP contribution is 2.22. The van der Waals surface area contributed by atoms with Gasteiger partial charge in [0.05, 0.1) is 18.7 Å². The van der Waals surface area contributed by atoms with Gasteiger partial charge in [-0.15, -0.1) is 0 Å². The van der Waals surface area contributed by atoms with Gasteiger partial charge >= 0.3 is 11.9 Å². The second kappa shape index (κ2) is 18.6. The number of piperazine rings is 2. The van der Waals surface area contributed by atoms with Gasteiger partial charge in [-0.2, -0.15) is 0 Å². The first-order valence-electron chi connectivity index (χ1n) is 16.1. The molecule has 4 rings (SSSR count). The molecule has 0 atom stereocenters. The standard InChI is InChI=1S/C18H26N2O3.C10H20N2O2.C8H7FO/c1-14-5-6-15(13-21)16(11-14)20-9-7-19(8-10-20)12-17(22)23-18(2,3)4;1-10(2,3)14-9(13)8-12-6-4-11-5-7-12;1-6-2-3-7(5-10)8(9)4-6/h5-6,11,13H,7-10,12H2,1-4H3;11H,4-8H2,1-3H3;2-5H,1H3. The first-order valence-corrected chi connectivity index (χ1v) is 16.1. The van der Waals surface area contributed by atoms with Crippen LogP contribution in [0.25, 0.3) is 0 Å². The number of nitrogens with one attached hydrogen (secondary N) is 1. The average molecular weight is 657 g/mol. The van der Waals surface area contributed by atoms with E-state index >= 15 is 0 Å². The molecule has 11 heteroatoms. The van der Waals surface area contributed by atoms with E-state index in [4.69, 9.17) is 9.47 Å². The van der Waals surface area contributed by atoms with Crippen LogP contribution in [0.3, 0.4) is 0 Å². The Balaban J connectivity index is 0.000000271. The number of ether oxygens (including phenoxy) is 2. The molecule has 0 aromatic heterocycles. The lowest BCUT2D eigenvalue weighted by Gasteiger charge is -2.36. The minimum Gasteiger partial charge on any atom is -0.459 e. The molecule has 10 nitrogen and oxygen atoms in total. The molecule has 2 aromatic rings. The van der Waals surface area contributed by atoms with Crippen LogP contribution in [-0.4, -0.2) is 111 Å². The van der Waals surface area contributed by atoms with Gasteiger partial charge in [-0.3, -0.25) is 29.0 Å². The molecule has 2 aliphatic heterocycles. The highest BCUT2D eigenvalue weighted by molar-refractivity contribution is 5.85. The van der Waals surface area contributed by atoms with Crippen LogP contribution in [0.15, 0.2) is 36.4 Å². The highest BCUT2D eigenvalue weighted by atomic mass is 19.1. The molecule has 0 aliphatic carbocycles. The zero-order chi connectivity index (χ0) is 35.2. The molecule has 0 bridgehead atoms. The largest absolute Gasteiger partial charge is 0.459 e. The van der Waals surface area contributed by atoms with Gasteiger partial charge in [-0.05, 0) is 90.8 Å². The maximum absolute atomic E-state index is 12.6. The molecule has 2 aliphatic rings. The molecule has 260 valence electrons. The predicted octanol–water partition coefficient (Wildman–Crippen LogP) is 4.45. The van der Waals surface area contributed by atoms with Gasteiger partial charge in [0.2, 0.25) is 0 Å². The predicted molar refractivity (Wildman–Crippen MR) is 183 cm³/mol. The van der Waals surface area contributed by atoms with E-state index in [1.54, 1.807) is 13.0 Å². The van der Waals surface area contributed by atoms with E-state index in [0.29, 0.717) is 19.4 Å².